The molecule has 21 nitrogen and oxygen atoms in total. The Morgan fingerprint density at radius 1 is 0.947 bits per heavy atom. The number of aliphatic hydroxyl groups is 6. The third-order valence-electron chi connectivity index (χ3n) is 17.1. The number of hydrogen-bond donors (Lipinski definition) is 6. The van der Waals surface area contributed by atoms with Gasteiger partial charge in [-0.05, 0) is 105 Å². The van der Waals surface area contributed by atoms with Gasteiger partial charge in [-0.1, -0.05) is 32.9 Å². The lowest BCUT2D eigenvalue weighted by Crippen LogP contribution is -2.62. The number of amides is 1. The van der Waals surface area contributed by atoms with Gasteiger partial charge in [0, 0.05) is 70.8 Å². The molecule has 4 fully saturated rings. The Labute approximate surface area is 448 Å². The molecule has 0 radical (unpaired) electrons. The smallest absolute Gasteiger partial charge is 0.414 e. The van der Waals surface area contributed by atoms with Crippen LogP contribution in [0.5, 0.6) is 0 Å². The second-order valence-corrected chi connectivity index (χ2v) is 23.3. The highest BCUT2D eigenvalue weighted by Gasteiger charge is 2.55. The number of anilines is 2. The Morgan fingerprint density at radius 3 is 2.29 bits per heavy atom. The lowest BCUT2D eigenvalue weighted by molar-refractivity contribution is -0.302. The molecule has 19 atom stereocenters. The van der Waals surface area contributed by atoms with Gasteiger partial charge >= 0.3 is 12.1 Å². The molecule has 4 aliphatic rings. The van der Waals surface area contributed by atoms with Crippen LogP contribution in [0, 0.1) is 29.5 Å². The summed E-state index contributed by atoms with van der Waals surface area (Å²) in [6.45, 7) is 19.1. The Balaban J connectivity index is 1.21. The van der Waals surface area contributed by atoms with E-state index >= 15 is 4.39 Å². The Kier molecular flexibility index (Phi) is 20.4. The molecule has 1 aromatic carbocycles. The minimum absolute atomic E-state index is 0.134. The molecular weight excluding hydrogens is 990 g/mol. The minimum atomic E-state index is -1.84. The predicted molar refractivity (Wildman–Crippen MR) is 280 cm³/mol. The van der Waals surface area contributed by atoms with Crippen LogP contribution >= 0.6 is 0 Å². The highest BCUT2D eigenvalue weighted by Crippen LogP contribution is 2.45. The van der Waals surface area contributed by atoms with Crippen LogP contribution in [0.2, 0.25) is 0 Å². The number of halogens is 1. The van der Waals surface area contributed by atoms with Gasteiger partial charge in [0.05, 0.1) is 78.3 Å². The van der Waals surface area contributed by atoms with Crippen LogP contribution < -0.4 is 9.80 Å². The summed E-state index contributed by atoms with van der Waals surface area (Å²) in [5.74, 6) is -3.82. The summed E-state index contributed by atoms with van der Waals surface area (Å²) in [7, 11) is 6.91. The second-order valence-electron chi connectivity index (χ2n) is 23.3. The van der Waals surface area contributed by atoms with E-state index in [4.69, 9.17) is 28.4 Å². The molecule has 22 heteroatoms. The minimum Gasteiger partial charge on any atom is -0.459 e. The average Bonchev–Trinajstić information content (AvgIpc) is 3.97. The van der Waals surface area contributed by atoms with E-state index in [9.17, 15) is 40.2 Å². The number of hydrogen-bond acceptors (Lipinski definition) is 19. The zero-order valence-corrected chi connectivity index (χ0v) is 47.3. The molecule has 2 aromatic rings. The van der Waals surface area contributed by atoms with E-state index in [0.717, 1.165) is 0 Å². The van der Waals surface area contributed by atoms with Gasteiger partial charge < -0.3 is 73.8 Å². The molecule has 4 aliphatic heterocycles. The van der Waals surface area contributed by atoms with Gasteiger partial charge in [-0.3, -0.25) is 9.69 Å². The van der Waals surface area contributed by atoms with Gasteiger partial charge in [0.25, 0.3) is 0 Å². The molecule has 76 heavy (non-hydrogen) atoms. The van der Waals surface area contributed by atoms with Crippen LogP contribution in [0.15, 0.2) is 24.4 Å². The molecule has 1 aromatic heterocycles. The van der Waals surface area contributed by atoms with E-state index in [-0.39, 0.29) is 51.4 Å². The molecule has 6 rings (SSSR count). The van der Waals surface area contributed by atoms with Gasteiger partial charge in [0.2, 0.25) is 0 Å². The molecular formula is C54H90FN7O14. The van der Waals surface area contributed by atoms with Crippen LogP contribution in [0.3, 0.4) is 0 Å². The van der Waals surface area contributed by atoms with Crippen LogP contribution in [-0.4, -0.2) is 219 Å². The fourth-order valence-electron chi connectivity index (χ4n) is 12.5. The molecule has 432 valence electrons. The van der Waals surface area contributed by atoms with E-state index in [1.54, 1.807) is 76.5 Å². The lowest BCUT2D eigenvalue weighted by Gasteiger charge is -2.51. The summed E-state index contributed by atoms with van der Waals surface area (Å²) in [6.07, 6.45) is -6.77. The fourth-order valence-corrected chi connectivity index (χ4v) is 12.5. The summed E-state index contributed by atoms with van der Waals surface area (Å²) >= 11 is 0. The van der Waals surface area contributed by atoms with Crippen LogP contribution in [0.1, 0.15) is 101 Å². The highest BCUT2D eigenvalue weighted by atomic mass is 19.1. The van der Waals surface area contributed by atoms with Crippen molar-refractivity contribution in [3.8, 4) is 0 Å². The van der Waals surface area contributed by atoms with Crippen LogP contribution in [0.4, 0.5) is 20.6 Å². The SMILES string of the molecule is CC[C@H]1OC(=O)[C@H](C)C([C@H]2C[C@@](C)(OC)[C@@H](O)[C@H](C)O2)[C@H](C)[C@@H](O[C@@H]2O[C@H](C)C[C@H](N(C)CCc3cn(C[C@H]4CN(c5ccc(N(C)CCO)c(F)c5)C(=O)O4)nn3)[C@H]2O)[C@](C)(O)C[C@@H](C)CN(C)[C@H](C)[C@@H](O)[C@]1(C)O. The first kappa shape index (κ1) is 61.6. The Bertz CT molecular complexity index is 2230. The fraction of sp³-hybridized carbons (Fsp3) is 0.815. The second kappa shape index (κ2) is 25.2. The molecule has 5 heterocycles. The van der Waals surface area contributed by atoms with Crippen molar-refractivity contribution in [1.82, 2.24) is 24.8 Å². The molecule has 0 aliphatic carbocycles. The maximum atomic E-state index is 15.0. The van der Waals surface area contributed by atoms with E-state index in [0.29, 0.717) is 43.0 Å². The van der Waals surface area contributed by atoms with Crippen molar-refractivity contribution in [3.05, 3.63) is 35.9 Å². The zero-order chi connectivity index (χ0) is 56.4. The first-order valence-corrected chi connectivity index (χ1v) is 27.2. The number of carbonyl (C=O) groups is 2. The normalized spacial score (nSPS) is 39.6. The number of likely N-dealkylation sites (N-methyl/N-ethyl adjacent to an activating group) is 3. The molecule has 4 saturated heterocycles. The van der Waals surface area contributed by atoms with Gasteiger partial charge in [-0.15, -0.1) is 5.10 Å². The van der Waals surface area contributed by atoms with E-state index in [1.807, 2.05) is 44.7 Å². The molecule has 0 bridgehead atoms. The number of aromatic nitrogens is 3. The maximum absolute atomic E-state index is 15.0. The van der Waals surface area contributed by atoms with Gasteiger partial charge in [0.1, 0.15) is 41.9 Å². The summed E-state index contributed by atoms with van der Waals surface area (Å²) in [6, 6.07) is 3.41. The number of cyclic esters (lactones) is 2. The number of rotatable bonds is 15. The monoisotopic (exact) mass is 1080 g/mol. The van der Waals surface area contributed by atoms with Crippen LogP contribution in [-0.2, 0) is 46.2 Å². The first-order chi connectivity index (χ1) is 35.6. The zero-order valence-electron chi connectivity index (χ0n) is 47.3. The number of aliphatic hydroxyl groups excluding tert-OH is 4. The summed E-state index contributed by atoms with van der Waals surface area (Å²) in [5, 5.41) is 78.1. The average molecular weight is 1080 g/mol. The van der Waals surface area contributed by atoms with E-state index < -0.39 is 126 Å². The predicted octanol–water partition coefficient (Wildman–Crippen LogP) is 2.97. The van der Waals surface area contributed by atoms with Crippen molar-refractivity contribution >= 4 is 23.4 Å². The number of benzene rings is 1. The van der Waals surface area contributed by atoms with Crippen molar-refractivity contribution < 1.29 is 73.0 Å². The van der Waals surface area contributed by atoms with E-state index in [2.05, 4.69) is 10.3 Å². The van der Waals surface area contributed by atoms with E-state index in [1.165, 1.54) is 25.0 Å². The Hall–Kier alpha value is -3.65. The standard InChI is InChI=1S/C54H90FN7O14/c1-15-43-54(10,70)46(65)34(6)60(13)26-30(2)24-52(8,69)48(32(4)44(33(5)49(67)75-43)42-25-53(9,71-14)47(66)35(7)73-42)76-50-45(64)41(22-31(3)72-50)58(11)19-18-36-27-61(57-56-36)28-38-29-62(51(68)74-38)37-16-17-40(39(55)23-37)59(12)20-21-63/h16-17,23,27,30-35,38,41-48,50,63-66,69-70H,15,18-22,24-26,28-29H2,1-14H3/t30-,31-,32+,33-,34-,35+,38+,41+,42-,43-,44?,45-,46-,47+,48-,50+,52-,53-,54-/m1/s1. The van der Waals surface area contributed by atoms with Gasteiger partial charge in [0.15, 0.2) is 6.29 Å². The van der Waals surface area contributed by atoms with Crippen molar-refractivity contribution in [3.63, 3.8) is 0 Å². The molecule has 1 amide bonds. The number of nitrogens with zero attached hydrogens (tertiary/aromatic N) is 7. The highest BCUT2D eigenvalue weighted by molar-refractivity contribution is 5.90. The number of carbonyl (C=O) groups excluding carboxylic acids is 2. The van der Waals surface area contributed by atoms with Crippen LogP contribution in [0.25, 0.3) is 0 Å². The van der Waals surface area contributed by atoms with Gasteiger partial charge in [-0.25, -0.2) is 13.9 Å². The van der Waals surface area contributed by atoms with Crippen molar-refractivity contribution in [2.75, 3.05) is 70.8 Å². The first-order valence-electron chi connectivity index (χ1n) is 27.2. The molecule has 0 spiro atoms. The maximum Gasteiger partial charge on any atom is 0.414 e. The van der Waals surface area contributed by atoms with Crippen molar-refractivity contribution in [1.29, 1.82) is 0 Å². The van der Waals surface area contributed by atoms with Gasteiger partial charge in [-0.2, -0.15) is 0 Å². The summed E-state index contributed by atoms with van der Waals surface area (Å²) < 4.78 is 54.4. The van der Waals surface area contributed by atoms with Crippen molar-refractivity contribution in [2.24, 2.45) is 23.7 Å². The molecule has 6 N–H and O–H groups in total. The summed E-state index contributed by atoms with van der Waals surface area (Å²) in [5.41, 5.74) is -3.24. The lowest BCUT2D eigenvalue weighted by atomic mass is 9.68. The summed E-state index contributed by atoms with van der Waals surface area (Å²) in [4.78, 5) is 34.4. The van der Waals surface area contributed by atoms with Crippen molar-refractivity contribution in [2.45, 2.75) is 198 Å². The third-order valence-corrected chi connectivity index (χ3v) is 17.1. The topological polar surface area (TPSA) is 255 Å². The quantitative estimate of drug-likeness (QED) is 0.140. The molecule has 0 saturated carbocycles. The molecule has 1 unspecified atom stereocenters. The third kappa shape index (κ3) is 13.7. The Morgan fingerprint density at radius 2 is 1.64 bits per heavy atom. The largest absolute Gasteiger partial charge is 0.459 e. The number of ether oxygens (including phenoxy) is 6. The number of esters is 1. The number of methoxy groups -OCH3 is 1.